The maximum absolute atomic E-state index is 12.8. The van der Waals surface area contributed by atoms with Gasteiger partial charge in [-0.1, -0.05) is 97.9 Å². The molecule has 4 N–H and O–H groups in total. The highest BCUT2D eigenvalue weighted by molar-refractivity contribution is 7.99. The number of rotatable bonds is 13. The van der Waals surface area contributed by atoms with Gasteiger partial charge in [-0.05, 0) is 88.5 Å². The molecule has 0 bridgehead atoms. The van der Waals surface area contributed by atoms with Crippen LogP contribution in [0, 0.1) is 5.92 Å². The number of urea groups is 1. The SMILES string of the molecule is CC1C(CSc2ccccc2C(=O)O)OC(c2cccc(-c3cccc(CNC(=O)Nc4ccc(Oc5ccccc5)cc4)c3)c2)OC1c1ccc(CO)cc1. The molecule has 9 nitrogen and oxygen atoms in total. The third-order valence-electron chi connectivity index (χ3n) is 9.61. The second-order valence-electron chi connectivity index (χ2n) is 13.5. The summed E-state index contributed by atoms with van der Waals surface area (Å²) in [6.45, 7) is 2.36. The monoisotopic (exact) mass is 766 g/mol. The van der Waals surface area contributed by atoms with Crippen LogP contribution < -0.4 is 15.4 Å². The number of aromatic carboxylic acids is 1. The predicted molar refractivity (Wildman–Crippen MR) is 218 cm³/mol. The zero-order valence-electron chi connectivity index (χ0n) is 30.7. The molecule has 1 aliphatic heterocycles. The molecule has 6 aromatic carbocycles. The molecule has 0 aromatic heterocycles. The van der Waals surface area contributed by atoms with Crippen molar-refractivity contribution < 1.29 is 34.0 Å². The Bertz CT molecular complexity index is 2250. The van der Waals surface area contributed by atoms with Crippen LogP contribution in [0.15, 0.2) is 157 Å². The Morgan fingerprint density at radius 3 is 2.16 bits per heavy atom. The molecule has 4 atom stereocenters. The highest BCUT2D eigenvalue weighted by Gasteiger charge is 2.38. The van der Waals surface area contributed by atoms with Gasteiger partial charge >= 0.3 is 12.0 Å². The lowest BCUT2D eigenvalue weighted by Gasteiger charge is -2.41. The van der Waals surface area contributed by atoms with E-state index in [1.54, 1.807) is 36.4 Å². The first-order valence-electron chi connectivity index (χ1n) is 18.4. The van der Waals surface area contributed by atoms with Gasteiger partial charge in [0.2, 0.25) is 0 Å². The topological polar surface area (TPSA) is 126 Å². The fraction of sp³-hybridized carbons (Fsp3) is 0.174. The molecule has 1 aliphatic rings. The Morgan fingerprint density at radius 1 is 0.714 bits per heavy atom. The zero-order valence-corrected chi connectivity index (χ0v) is 31.5. The number of ether oxygens (including phenoxy) is 3. The van der Waals surface area contributed by atoms with E-state index in [1.165, 1.54) is 11.8 Å². The first kappa shape index (κ1) is 38.4. The number of para-hydroxylation sites is 1. The van der Waals surface area contributed by atoms with Crippen LogP contribution in [0.5, 0.6) is 11.5 Å². The summed E-state index contributed by atoms with van der Waals surface area (Å²) in [4.78, 5) is 25.4. The summed E-state index contributed by atoms with van der Waals surface area (Å²) < 4.78 is 19.2. The predicted octanol–water partition coefficient (Wildman–Crippen LogP) is 10.2. The normalized spacial score (nSPS) is 17.8. The molecule has 0 spiro atoms. The molecular weight excluding hydrogens is 725 g/mol. The molecule has 284 valence electrons. The first-order chi connectivity index (χ1) is 27.3. The number of thioether (sulfide) groups is 1. The third-order valence-corrected chi connectivity index (χ3v) is 10.8. The summed E-state index contributed by atoms with van der Waals surface area (Å²) in [5.41, 5.74) is 6.39. The molecule has 10 heteroatoms. The molecule has 0 radical (unpaired) electrons. The van der Waals surface area contributed by atoms with Crippen molar-refractivity contribution in [2.75, 3.05) is 11.1 Å². The molecule has 1 heterocycles. The summed E-state index contributed by atoms with van der Waals surface area (Å²) in [6.07, 6.45) is -1.28. The Balaban J connectivity index is 1.03. The van der Waals surface area contributed by atoms with E-state index in [9.17, 15) is 19.8 Å². The number of aliphatic hydroxyl groups excluding tert-OH is 1. The smallest absolute Gasteiger partial charge is 0.336 e. The minimum atomic E-state index is -0.967. The number of carbonyl (C=O) groups excluding carboxylic acids is 1. The van der Waals surface area contributed by atoms with E-state index >= 15 is 0 Å². The van der Waals surface area contributed by atoms with Crippen LogP contribution in [0.1, 0.15) is 51.9 Å². The van der Waals surface area contributed by atoms with Gasteiger partial charge in [-0.15, -0.1) is 11.8 Å². The van der Waals surface area contributed by atoms with E-state index in [1.807, 2.05) is 109 Å². The van der Waals surface area contributed by atoms with Gasteiger partial charge in [0.25, 0.3) is 0 Å². The fourth-order valence-electron chi connectivity index (χ4n) is 6.57. The van der Waals surface area contributed by atoms with Gasteiger partial charge < -0.3 is 35.1 Å². The van der Waals surface area contributed by atoms with Crippen LogP contribution in [0.2, 0.25) is 0 Å². The van der Waals surface area contributed by atoms with E-state index in [2.05, 4.69) is 23.6 Å². The number of anilines is 1. The average Bonchev–Trinajstić information content (AvgIpc) is 3.24. The maximum Gasteiger partial charge on any atom is 0.336 e. The van der Waals surface area contributed by atoms with Crippen molar-refractivity contribution in [2.24, 2.45) is 5.92 Å². The fourth-order valence-corrected chi connectivity index (χ4v) is 7.78. The van der Waals surface area contributed by atoms with Crippen LogP contribution in [-0.2, 0) is 22.6 Å². The summed E-state index contributed by atoms with van der Waals surface area (Å²) in [6, 6.07) is 47.2. The average molecular weight is 767 g/mol. The van der Waals surface area contributed by atoms with E-state index in [-0.39, 0.29) is 36.3 Å². The minimum absolute atomic E-state index is 0.0485. The Kier molecular flexibility index (Phi) is 12.4. The summed E-state index contributed by atoms with van der Waals surface area (Å²) in [7, 11) is 0. The Hall–Kier alpha value is -5.91. The van der Waals surface area contributed by atoms with Crippen LogP contribution in [0.25, 0.3) is 11.1 Å². The number of benzene rings is 6. The second kappa shape index (κ2) is 18.1. The van der Waals surface area contributed by atoms with E-state index < -0.39 is 12.3 Å². The quantitative estimate of drug-likeness (QED) is 0.0856. The Labute approximate surface area is 330 Å². The standard InChI is InChI=1S/C46H42N2O7S/c1-30-41(29-56-42-16-6-5-15-40(42)44(50)51)54-45(55-43(30)33-19-17-31(28-49)18-20-33)36-12-8-11-35(26-36)34-10-7-9-32(25-34)27-47-46(52)48-37-21-23-39(24-22-37)53-38-13-3-2-4-14-38/h2-26,30,41,43,45,49H,27-29H2,1H3,(H,50,51)(H2,47,48,52). The highest BCUT2D eigenvalue weighted by atomic mass is 32.2. The first-order valence-corrected chi connectivity index (χ1v) is 19.3. The number of hydrogen-bond acceptors (Lipinski definition) is 7. The molecular formula is C46H42N2O7S. The molecule has 6 aromatic rings. The number of carboxylic acid groups (broad SMARTS) is 1. The number of amides is 2. The molecule has 2 amide bonds. The van der Waals surface area contributed by atoms with Crippen molar-refractivity contribution in [1.29, 1.82) is 0 Å². The lowest BCUT2D eigenvalue weighted by Crippen LogP contribution is -2.38. The number of nitrogens with one attached hydrogen (secondary N) is 2. The van der Waals surface area contributed by atoms with Crippen LogP contribution in [-0.4, -0.2) is 34.1 Å². The lowest BCUT2D eigenvalue weighted by molar-refractivity contribution is -0.268. The molecule has 1 fully saturated rings. The van der Waals surface area contributed by atoms with E-state index in [0.717, 1.165) is 39.1 Å². The molecule has 7 rings (SSSR count). The van der Waals surface area contributed by atoms with Crippen molar-refractivity contribution >= 4 is 29.4 Å². The molecule has 56 heavy (non-hydrogen) atoms. The van der Waals surface area contributed by atoms with Crippen LogP contribution in [0.4, 0.5) is 10.5 Å². The van der Waals surface area contributed by atoms with Gasteiger partial charge in [0.1, 0.15) is 11.5 Å². The van der Waals surface area contributed by atoms with E-state index in [0.29, 0.717) is 28.6 Å². The van der Waals surface area contributed by atoms with Crippen molar-refractivity contribution in [3.05, 3.63) is 179 Å². The summed E-state index contributed by atoms with van der Waals surface area (Å²) in [5.74, 6) is 0.901. The van der Waals surface area contributed by atoms with Crippen molar-refractivity contribution in [1.82, 2.24) is 5.32 Å². The van der Waals surface area contributed by atoms with Crippen LogP contribution >= 0.6 is 11.8 Å². The lowest BCUT2D eigenvalue weighted by atomic mass is 9.91. The van der Waals surface area contributed by atoms with Gasteiger partial charge in [0.05, 0.1) is 24.4 Å². The number of carbonyl (C=O) groups is 2. The molecule has 0 aliphatic carbocycles. The van der Waals surface area contributed by atoms with E-state index in [4.69, 9.17) is 14.2 Å². The van der Waals surface area contributed by atoms with Gasteiger partial charge in [-0.3, -0.25) is 0 Å². The maximum atomic E-state index is 12.8. The molecule has 4 unspecified atom stereocenters. The van der Waals surface area contributed by atoms with Gasteiger partial charge in [0, 0.05) is 34.4 Å². The van der Waals surface area contributed by atoms with Crippen molar-refractivity contribution in [3.63, 3.8) is 0 Å². The highest BCUT2D eigenvalue weighted by Crippen LogP contribution is 2.44. The largest absolute Gasteiger partial charge is 0.478 e. The number of carboxylic acids is 1. The number of hydrogen-bond donors (Lipinski definition) is 4. The molecule has 1 saturated heterocycles. The van der Waals surface area contributed by atoms with Gasteiger partial charge in [0.15, 0.2) is 6.29 Å². The Morgan fingerprint density at radius 2 is 1.41 bits per heavy atom. The van der Waals surface area contributed by atoms with Crippen molar-refractivity contribution in [2.45, 2.75) is 43.5 Å². The second-order valence-corrected chi connectivity index (χ2v) is 14.6. The van der Waals surface area contributed by atoms with Crippen molar-refractivity contribution in [3.8, 4) is 22.6 Å². The summed E-state index contributed by atoms with van der Waals surface area (Å²) >= 11 is 1.46. The van der Waals surface area contributed by atoms with Crippen LogP contribution in [0.3, 0.4) is 0 Å². The van der Waals surface area contributed by atoms with Gasteiger partial charge in [-0.25, -0.2) is 9.59 Å². The zero-order chi connectivity index (χ0) is 38.9. The minimum Gasteiger partial charge on any atom is -0.478 e. The van der Waals surface area contributed by atoms with Gasteiger partial charge in [-0.2, -0.15) is 0 Å². The molecule has 0 saturated carbocycles. The third kappa shape index (κ3) is 9.66. The summed E-state index contributed by atoms with van der Waals surface area (Å²) in [5, 5.41) is 25.2. The number of aliphatic hydroxyl groups is 1.